The molecule has 0 aliphatic rings. The number of hydrogen-bond acceptors (Lipinski definition) is 3. The first-order valence-electron chi connectivity index (χ1n) is 5.44. The predicted molar refractivity (Wildman–Crippen MR) is 72.0 cm³/mol. The van der Waals surface area contributed by atoms with Crippen LogP contribution in [0.5, 0.6) is 0 Å². The van der Waals surface area contributed by atoms with Gasteiger partial charge in [0.2, 0.25) is 0 Å². The Morgan fingerprint density at radius 1 is 1.39 bits per heavy atom. The molecule has 0 amide bonds. The van der Waals surface area contributed by atoms with E-state index in [1.807, 2.05) is 37.3 Å². The van der Waals surface area contributed by atoms with Gasteiger partial charge in [0, 0.05) is 16.6 Å². The Hall–Kier alpha value is -1.93. The second-order valence-corrected chi connectivity index (χ2v) is 4.60. The maximum Gasteiger partial charge on any atom is 0.284 e. The Balaban J connectivity index is 2.62. The summed E-state index contributed by atoms with van der Waals surface area (Å²) in [7, 11) is 0. The standard InChI is InChI=1S/C13H10BrN3O/c1-2-17-13(18)10(8-15)7-12(16-17)9-3-5-11(14)6-4-9/h3-7H,2H2,1H3. The molecule has 4 nitrogen and oxygen atoms in total. The van der Waals surface area contributed by atoms with Crippen molar-refractivity contribution in [1.29, 1.82) is 5.26 Å². The smallest absolute Gasteiger partial charge is 0.266 e. The van der Waals surface area contributed by atoms with Gasteiger partial charge in [-0.2, -0.15) is 10.4 Å². The van der Waals surface area contributed by atoms with Gasteiger partial charge in [0.1, 0.15) is 11.6 Å². The quantitative estimate of drug-likeness (QED) is 0.856. The highest BCUT2D eigenvalue weighted by Crippen LogP contribution is 2.19. The minimum atomic E-state index is -0.346. The van der Waals surface area contributed by atoms with Gasteiger partial charge in [-0.25, -0.2) is 4.68 Å². The Morgan fingerprint density at radius 3 is 2.61 bits per heavy atom. The van der Waals surface area contributed by atoms with Crippen LogP contribution in [0.2, 0.25) is 0 Å². The van der Waals surface area contributed by atoms with Crippen LogP contribution >= 0.6 is 15.9 Å². The Morgan fingerprint density at radius 2 is 2.06 bits per heavy atom. The summed E-state index contributed by atoms with van der Waals surface area (Å²) in [6, 6.07) is 11.0. The molecule has 2 aromatic rings. The first-order chi connectivity index (χ1) is 8.65. The van der Waals surface area contributed by atoms with E-state index in [1.54, 1.807) is 0 Å². The van der Waals surface area contributed by atoms with E-state index in [1.165, 1.54) is 10.7 Å². The fourth-order valence-corrected chi connectivity index (χ4v) is 1.86. The van der Waals surface area contributed by atoms with E-state index < -0.39 is 0 Å². The minimum Gasteiger partial charge on any atom is -0.266 e. The largest absolute Gasteiger partial charge is 0.284 e. The molecule has 0 aliphatic heterocycles. The third-order valence-corrected chi connectivity index (χ3v) is 3.06. The van der Waals surface area contributed by atoms with Crippen molar-refractivity contribution in [3.05, 3.63) is 50.7 Å². The molecular formula is C13H10BrN3O. The van der Waals surface area contributed by atoms with E-state index in [2.05, 4.69) is 21.0 Å². The normalized spacial score (nSPS) is 10.1. The molecule has 1 aromatic carbocycles. The van der Waals surface area contributed by atoms with E-state index in [0.29, 0.717) is 12.2 Å². The van der Waals surface area contributed by atoms with Crippen LogP contribution in [0.15, 0.2) is 39.6 Å². The summed E-state index contributed by atoms with van der Waals surface area (Å²) in [6.07, 6.45) is 0. The minimum absolute atomic E-state index is 0.116. The zero-order valence-corrected chi connectivity index (χ0v) is 11.3. The molecule has 0 bridgehead atoms. The molecule has 0 saturated heterocycles. The molecule has 18 heavy (non-hydrogen) atoms. The van der Waals surface area contributed by atoms with Gasteiger partial charge in [0.25, 0.3) is 5.56 Å². The average Bonchev–Trinajstić information content (AvgIpc) is 2.40. The second-order valence-electron chi connectivity index (χ2n) is 3.68. The van der Waals surface area contributed by atoms with E-state index in [9.17, 15) is 4.79 Å². The maximum atomic E-state index is 11.7. The van der Waals surface area contributed by atoms with Gasteiger partial charge < -0.3 is 0 Å². The summed E-state index contributed by atoms with van der Waals surface area (Å²) in [5.41, 5.74) is 1.27. The van der Waals surface area contributed by atoms with Crippen LogP contribution in [0.3, 0.4) is 0 Å². The fraction of sp³-hybridized carbons (Fsp3) is 0.154. The van der Waals surface area contributed by atoms with E-state index in [0.717, 1.165) is 10.0 Å². The number of benzene rings is 1. The zero-order chi connectivity index (χ0) is 13.1. The highest BCUT2D eigenvalue weighted by molar-refractivity contribution is 9.10. The number of nitriles is 1. The van der Waals surface area contributed by atoms with Crippen molar-refractivity contribution < 1.29 is 0 Å². The summed E-state index contributed by atoms with van der Waals surface area (Å²) < 4.78 is 2.27. The fourth-order valence-electron chi connectivity index (χ4n) is 1.60. The summed E-state index contributed by atoms with van der Waals surface area (Å²) in [5.74, 6) is 0. The van der Waals surface area contributed by atoms with Crippen molar-refractivity contribution in [1.82, 2.24) is 9.78 Å². The van der Waals surface area contributed by atoms with Gasteiger partial charge in [0.15, 0.2) is 0 Å². The van der Waals surface area contributed by atoms with Crippen LogP contribution < -0.4 is 5.56 Å². The number of hydrogen-bond donors (Lipinski definition) is 0. The monoisotopic (exact) mass is 303 g/mol. The summed E-state index contributed by atoms with van der Waals surface area (Å²) in [5, 5.41) is 13.2. The van der Waals surface area contributed by atoms with Gasteiger partial charge in [-0.05, 0) is 25.1 Å². The molecular weight excluding hydrogens is 294 g/mol. The topological polar surface area (TPSA) is 58.7 Å². The first kappa shape index (κ1) is 12.5. The molecule has 0 unspecified atom stereocenters. The number of rotatable bonds is 2. The molecule has 0 spiro atoms. The molecule has 0 saturated carbocycles. The lowest BCUT2D eigenvalue weighted by atomic mass is 10.1. The van der Waals surface area contributed by atoms with Crippen molar-refractivity contribution in [2.24, 2.45) is 0 Å². The van der Waals surface area contributed by atoms with Crippen molar-refractivity contribution in [2.75, 3.05) is 0 Å². The van der Waals surface area contributed by atoms with Crippen molar-refractivity contribution in [3.8, 4) is 17.3 Å². The van der Waals surface area contributed by atoms with Gasteiger partial charge in [-0.3, -0.25) is 4.79 Å². The van der Waals surface area contributed by atoms with Crippen molar-refractivity contribution in [3.63, 3.8) is 0 Å². The second kappa shape index (κ2) is 5.15. The number of halogens is 1. The number of aromatic nitrogens is 2. The van der Waals surface area contributed by atoms with Gasteiger partial charge >= 0.3 is 0 Å². The molecule has 0 N–H and O–H groups in total. The van der Waals surface area contributed by atoms with Gasteiger partial charge in [0.05, 0.1) is 5.69 Å². The molecule has 5 heteroatoms. The van der Waals surface area contributed by atoms with E-state index in [-0.39, 0.29) is 11.1 Å². The summed E-state index contributed by atoms with van der Waals surface area (Å²) in [6.45, 7) is 2.26. The maximum absolute atomic E-state index is 11.7. The van der Waals surface area contributed by atoms with Crippen LogP contribution in [0.25, 0.3) is 11.3 Å². The van der Waals surface area contributed by atoms with Crippen LogP contribution in [0.4, 0.5) is 0 Å². The first-order valence-corrected chi connectivity index (χ1v) is 6.23. The van der Waals surface area contributed by atoms with Crippen LogP contribution in [0.1, 0.15) is 12.5 Å². The third kappa shape index (κ3) is 2.34. The molecule has 0 aliphatic carbocycles. The van der Waals surface area contributed by atoms with Gasteiger partial charge in [-0.15, -0.1) is 0 Å². The Labute approximate surface area is 113 Å². The molecule has 1 aromatic heterocycles. The number of nitrogens with zero attached hydrogens (tertiary/aromatic N) is 3. The van der Waals surface area contributed by atoms with Crippen LogP contribution in [-0.2, 0) is 6.54 Å². The highest BCUT2D eigenvalue weighted by Gasteiger charge is 2.08. The SMILES string of the molecule is CCn1nc(-c2ccc(Br)cc2)cc(C#N)c1=O. The zero-order valence-electron chi connectivity index (χ0n) is 9.72. The Bertz CT molecular complexity index is 668. The predicted octanol–water partition coefficient (Wildman–Crippen LogP) is 2.56. The van der Waals surface area contributed by atoms with Crippen molar-refractivity contribution >= 4 is 15.9 Å². The summed E-state index contributed by atoms with van der Waals surface area (Å²) >= 11 is 3.36. The lowest BCUT2D eigenvalue weighted by Gasteiger charge is -2.06. The van der Waals surface area contributed by atoms with Gasteiger partial charge in [-0.1, -0.05) is 28.1 Å². The molecule has 90 valence electrons. The lowest BCUT2D eigenvalue weighted by molar-refractivity contribution is 0.617. The van der Waals surface area contributed by atoms with Crippen LogP contribution in [0, 0.1) is 11.3 Å². The highest BCUT2D eigenvalue weighted by atomic mass is 79.9. The Kier molecular flexibility index (Phi) is 3.58. The molecule has 0 atom stereocenters. The van der Waals surface area contributed by atoms with E-state index >= 15 is 0 Å². The third-order valence-electron chi connectivity index (χ3n) is 2.53. The molecule has 0 fully saturated rings. The summed E-state index contributed by atoms with van der Waals surface area (Å²) in [4.78, 5) is 11.7. The average molecular weight is 304 g/mol. The lowest BCUT2D eigenvalue weighted by Crippen LogP contribution is -2.24. The molecule has 0 radical (unpaired) electrons. The van der Waals surface area contributed by atoms with Crippen LogP contribution in [-0.4, -0.2) is 9.78 Å². The number of aryl methyl sites for hydroxylation is 1. The molecule has 2 rings (SSSR count). The van der Waals surface area contributed by atoms with E-state index in [4.69, 9.17) is 5.26 Å². The van der Waals surface area contributed by atoms with Crippen molar-refractivity contribution in [2.45, 2.75) is 13.5 Å². The molecule has 1 heterocycles.